The molecule has 0 unspecified atom stereocenters. The highest BCUT2D eigenvalue weighted by Gasteiger charge is 2.02. The summed E-state index contributed by atoms with van der Waals surface area (Å²) in [6.45, 7) is 3.25. The minimum absolute atomic E-state index is 0.160. The van der Waals surface area contributed by atoms with Gasteiger partial charge >= 0.3 is 5.97 Å². The Hall–Kier alpha value is -0.570. The Labute approximate surface area is 80.7 Å². The van der Waals surface area contributed by atoms with Crippen LogP contribution in [0.3, 0.4) is 0 Å². The number of carboxylic acid groups (broad SMARTS) is 1. The third-order valence-corrected chi connectivity index (χ3v) is 2.05. The molecule has 13 heavy (non-hydrogen) atoms. The molecule has 3 heteroatoms. The molecule has 78 valence electrons. The molecule has 0 bridgehead atoms. The van der Waals surface area contributed by atoms with Gasteiger partial charge in [-0.3, -0.25) is 9.69 Å². The van der Waals surface area contributed by atoms with Crippen LogP contribution in [0.25, 0.3) is 0 Å². The van der Waals surface area contributed by atoms with Crippen LogP contribution in [0.5, 0.6) is 0 Å². The van der Waals surface area contributed by atoms with Gasteiger partial charge in [-0.2, -0.15) is 0 Å². The van der Waals surface area contributed by atoms with Crippen LogP contribution >= 0.6 is 0 Å². The third-order valence-electron chi connectivity index (χ3n) is 2.05. The Morgan fingerprint density at radius 3 is 2.38 bits per heavy atom. The lowest BCUT2D eigenvalue weighted by atomic mass is 10.1. The molecule has 0 rings (SSSR count). The molecule has 3 nitrogen and oxygen atoms in total. The number of aliphatic carboxylic acids is 1. The van der Waals surface area contributed by atoms with Gasteiger partial charge in [0.25, 0.3) is 0 Å². The minimum Gasteiger partial charge on any atom is -0.480 e. The number of carbonyl (C=O) groups is 1. The van der Waals surface area contributed by atoms with Crippen LogP contribution in [-0.2, 0) is 4.79 Å². The Morgan fingerprint density at radius 2 is 1.85 bits per heavy atom. The molecule has 0 aromatic heterocycles. The first-order chi connectivity index (χ1) is 6.16. The smallest absolute Gasteiger partial charge is 0.317 e. The second-order valence-corrected chi connectivity index (χ2v) is 3.55. The average Bonchev–Trinajstić information content (AvgIpc) is 2.02. The van der Waals surface area contributed by atoms with E-state index in [1.165, 1.54) is 25.7 Å². The van der Waals surface area contributed by atoms with Crippen LogP contribution in [0.2, 0.25) is 0 Å². The molecule has 0 atom stereocenters. The van der Waals surface area contributed by atoms with Crippen molar-refractivity contribution < 1.29 is 9.90 Å². The van der Waals surface area contributed by atoms with Crippen molar-refractivity contribution in [1.29, 1.82) is 0 Å². The Kier molecular flexibility index (Phi) is 7.69. The summed E-state index contributed by atoms with van der Waals surface area (Å²) in [5.41, 5.74) is 0. The summed E-state index contributed by atoms with van der Waals surface area (Å²) in [5.74, 6) is -0.740. The van der Waals surface area contributed by atoms with E-state index in [0.29, 0.717) is 0 Å². The molecule has 0 fully saturated rings. The van der Waals surface area contributed by atoms with Crippen molar-refractivity contribution in [2.75, 3.05) is 20.1 Å². The van der Waals surface area contributed by atoms with Crippen LogP contribution < -0.4 is 0 Å². The summed E-state index contributed by atoms with van der Waals surface area (Å²) in [6, 6.07) is 0. The highest BCUT2D eigenvalue weighted by molar-refractivity contribution is 5.68. The summed E-state index contributed by atoms with van der Waals surface area (Å²) in [6.07, 6.45) is 6.16. The molecule has 0 amide bonds. The topological polar surface area (TPSA) is 40.5 Å². The summed E-state index contributed by atoms with van der Waals surface area (Å²) >= 11 is 0. The van der Waals surface area contributed by atoms with E-state index in [4.69, 9.17) is 5.11 Å². The van der Waals surface area contributed by atoms with Gasteiger partial charge in [-0.05, 0) is 20.0 Å². The molecule has 0 aliphatic heterocycles. The van der Waals surface area contributed by atoms with E-state index in [1.54, 1.807) is 0 Å². The Morgan fingerprint density at radius 1 is 1.23 bits per heavy atom. The van der Waals surface area contributed by atoms with E-state index in [1.807, 2.05) is 11.9 Å². The van der Waals surface area contributed by atoms with E-state index >= 15 is 0 Å². The molecule has 0 heterocycles. The predicted molar refractivity (Wildman–Crippen MR) is 53.9 cm³/mol. The maximum atomic E-state index is 10.3. The second-order valence-electron chi connectivity index (χ2n) is 3.55. The quantitative estimate of drug-likeness (QED) is 0.591. The Bertz CT molecular complexity index is 137. The number of hydrogen-bond acceptors (Lipinski definition) is 2. The molecule has 0 aliphatic carbocycles. The summed E-state index contributed by atoms with van der Waals surface area (Å²) < 4.78 is 0. The van der Waals surface area contributed by atoms with Crippen molar-refractivity contribution in [1.82, 2.24) is 4.90 Å². The van der Waals surface area contributed by atoms with Gasteiger partial charge in [0, 0.05) is 0 Å². The normalized spacial score (nSPS) is 10.7. The van der Waals surface area contributed by atoms with Gasteiger partial charge in [0.05, 0.1) is 6.54 Å². The molecule has 0 aromatic carbocycles. The van der Waals surface area contributed by atoms with Gasteiger partial charge in [-0.25, -0.2) is 0 Å². The molecular weight excluding hydrogens is 166 g/mol. The number of rotatable bonds is 8. The molecule has 1 N–H and O–H groups in total. The number of unbranched alkanes of at least 4 members (excludes halogenated alkanes) is 4. The minimum atomic E-state index is -0.740. The van der Waals surface area contributed by atoms with Crippen LogP contribution in [0.15, 0.2) is 0 Å². The first-order valence-corrected chi connectivity index (χ1v) is 5.07. The maximum absolute atomic E-state index is 10.3. The molecular formula is C10H21NO2. The molecule has 0 aliphatic rings. The zero-order chi connectivity index (χ0) is 10.1. The second kappa shape index (κ2) is 8.05. The molecule has 0 aromatic rings. The number of carboxylic acids is 1. The van der Waals surface area contributed by atoms with E-state index in [0.717, 1.165) is 13.0 Å². The molecule has 0 radical (unpaired) electrons. The summed E-state index contributed by atoms with van der Waals surface area (Å²) in [4.78, 5) is 12.2. The van der Waals surface area contributed by atoms with Crippen LogP contribution in [0.4, 0.5) is 0 Å². The number of likely N-dealkylation sites (N-methyl/N-ethyl adjacent to an activating group) is 1. The fourth-order valence-electron chi connectivity index (χ4n) is 1.30. The largest absolute Gasteiger partial charge is 0.480 e. The first-order valence-electron chi connectivity index (χ1n) is 5.07. The van der Waals surface area contributed by atoms with Gasteiger partial charge in [-0.15, -0.1) is 0 Å². The van der Waals surface area contributed by atoms with Gasteiger partial charge in [-0.1, -0.05) is 32.6 Å². The van der Waals surface area contributed by atoms with Crippen molar-refractivity contribution in [3.05, 3.63) is 0 Å². The molecule has 0 saturated heterocycles. The lowest BCUT2D eigenvalue weighted by Gasteiger charge is -2.12. The molecule has 0 saturated carbocycles. The highest BCUT2D eigenvalue weighted by atomic mass is 16.4. The van der Waals surface area contributed by atoms with Crippen LogP contribution in [0, 0.1) is 0 Å². The van der Waals surface area contributed by atoms with Gasteiger partial charge in [0.15, 0.2) is 0 Å². The highest BCUT2D eigenvalue weighted by Crippen LogP contribution is 2.02. The number of hydrogen-bond donors (Lipinski definition) is 1. The standard InChI is InChI=1S/C10H21NO2/c1-3-4-5-6-7-8-11(2)9-10(12)13/h3-9H2,1-2H3,(H,12,13). The van der Waals surface area contributed by atoms with Crippen molar-refractivity contribution in [3.63, 3.8) is 0 Å². The van der Waals surface area contributed by atoms with Crippen LogP contribution in [-0.4, -0.2) is 36.1 Å². The maximum Gasteiger partial charge on any atom is 0.317 e. The Balaban J connectivity index is 3.17. The third kappa shape index (κ3) is 9.34. The van der Waals surface area contributed by atoms with Gasteiger partial charge < -0.3 is 5.11 Å². The zero-order valence-electron chi connectivity index (χ0n) is 8.75. The molecule has 0 spiro atoms. The lowest BCUT2D eigenvalue weighted by molar-refractivity contribution is -0.137. The number of nitrogens with zero attached hydrogens (tertiary/aromatic N) is 1. The monoisotopic (exact) mass is 187 g/mol. The van der Waals surface area contributed by atoms with E-state index in [-0.39, 0.29) is 6.54 Å². The predicted octanol–water partition coefficient (Wildman–Crippen LogP) is 1.97. The zero-order valence-corrected chi connectivity index (χ0v) is 8.75. The van der Waals surface area contributed by atoms with Gasteiger partial charge in [0.1, 0.15) is 0 Å². The van der Waals surface area contributed by atoms with Gasteiger partial charge in [0.2, 0.25) is 0 Å². The van der Waals surface area contributed by atoms with Crippen molar-refractivity contribution in [2.24, 2.45) is 0 Å². The fourth-order valence-corrected chi connectivity index (χ4v) is 1.30. The summed E-state index contributed by atoms with van der Waals surface area (Å²) in [5, 5.41) is 8.48. The van der Waals surface area contributed by atoms with E-state index in [2.05, 4.69) is 6.92 Å². The van der Waals surface area contributed by atoms with Crippen molar-refractivity contribution >= 4 is 5.97 Å². The van der Waals surface area contributed by atoms with Crippen molar-refractivity contribution in [2.45, 2.75) is 39.0 Å². The van der Waals surface area contributed by atoms with E-state index < -0.39 is 5.97 Å². The first kappa shape index (κ1) is 12.4. The lowest BCUT2D eigenvalue weighted by Crippen LogP contribution is -2.26. The van der Waals surface area contributed by atoms with E-state index in [9.17, 15) is 4.79 Å². The van der Waals surface area contributed by atoms with Crippen LogP contribution in [0.1, 0.15) is 39.0 Å². The SMILES string of the molecule is CCCCCCCN(C)CC(=O)O. The van der Waals surface area contributed by atoms with Crippen molar-refractivity contribution in [3.8, 4) is 0 Å². The fraction of sp³-hybridized carbons (Fsp3) is 0.900. The summed E-state index contributed by atoms with van der Waals surface area (Å²) in [7, 11) is 1.86. The average molecular weight is 187 g/mol.